The number of imidazole rings is 1. The zero-order chi connectivity index (χ0) is 15.7. The molecule has 2 saturated heterocycles. The Morgan fingerprint density at radius 3 is 2.86 bits per heavy atom. The maximum absolute atomic E-state index is 12.6. The standard InChI is InChI=1S/C15H23N5O2/c1-10(2)7-19-3-4-20-13(8-19)14(21)18-12(15(20)22)5-11-6-16-9-17-11/h6,9-10,12-13H,3-5,7-8H2,1-2H3,(H,16,17)(H,18,21)/t12-,13+/m0/s1. The Balaban J connectivity index is 1.67. The largest absolute Gasteiger partial charge is 0.348 e. The summed E-state index contributed by atoms with van der Waals surface area (Å²) in [6.45, 7) is 7.39. The minimum Gasteiger partial charge on any atom is -0.348 e. The first-order valence-electron chi connectivity index (χ1n) is 7.85. The van der Waals surface area contributed by atoms with Crippen LogP contribution in [0.5, 0.6) is 0 Å². The van der Waals surface area contributed by atoms with Crippen LogP contribution in [-0.2, 0) is 16.0 Å². The molecule has 3 rings (SSSR count). The number of amides is 2. The van der Waals surface area contributed by atoms with Crippen molar-refractivity contribution in [2.45, 2.75) is 32.4 Å². The van der Waals surface area contributed by atoms with Crippen molar-refractivity contribution < 1.29 is 9.59 Å². The number of aromatic nitrogens is 2. The Hall–Kier alpha value is -1.89. The number of piperazine rings is 2. The molecule has 0 bridgehead atoms. The second kappa shape index (κ2) is 6.08. The Morgan fingerprint density at radius 2 is 2.18 bits per heavy atom. The molecule has 1 aromatic rings. The number of nitrogens with one attached hydrogen (secondary N) is 2. The number of hydrogen-bond acceptors (Lipinski definition) is 4. The van der Waals surface area contributed by atoms with E-state index >= 15 is 0 Å². The molecule has 22 heavy (non-hydrogen) atoms. The summed E-state index contributed by atoms with van der Waals surface area (Å²) in [6.07, 6.45) is 3.73. The number of hydrogen-bond donors (Lipinski definition) is 2. The lowest BCUT2D eigenvalue weighted by Crippen LogP contribution is -2.69. The van der Waals surface area contributed by atoms with E-state index in [1.807, 2.05) is 0 Å². The molecule has 0 spiro atoms. The predicted octanol–water partition coefficient (Wildman–Crippen LogP) is -0.381. The molecule has 7 nitrogen and oxygen atoms in total. The van der Waals surface area contributed by atoms with Gasteiger partial charge in [-0.1, -0.05) is 13.8 Å². The summed E-state index contributed by atoms with van der Waals surface area (Å²) in [4.78, 5) is 36.0. The Morgan fingerprint density at radius 1 is 1.36 bits per heavy atom. The second-order valence-electron chi connectivity index (χ2n) is 6.54. The highest BCUT2D eigenvalue weighted by Crippen LogP contribution is 2.18. The molecular weight excluding hydrogens is 282 g/mol. The first-order chi connectivity index (χ1) is 10.5. The molecule has 0 aromatic carbocycles. The van der Waals surface area contributed by atoms with Crippen LogP contribution in [0.2, 0.25) is 0 Å². The number of carbonyl (C=O) groups excluding carboxylic acids is 2. The van der Waals surface area contributed by atoms with Crippen molar-refractivity contribution in [1.29, 1.82) is 0 Å². The molecule has 1 aromatic heterocycles. The molecule has 2 fully saturated rings. The van der Waals surface area contributed by atoms with Crippen molar-refractivity contribution >= 4 is 11.8 Å². The third-order valence-electron chi connectivity index (χ3n) is 4.27. The van der Waals surface area contributed by atoms with Gasteiger partial charge in [0.05, 0.1) is 6.33 Å². The van der Waals surface area contributed by atoms with Crippen LogP contribution in [0.1, 0.15) is 19.5 Å². The summed E-state index contributed by atoms with van der Waals surface area (Å²) >= 11 is 0. The maximum atomic E-state index is 12.6. The van der Waals surface area contributed by atoms with Crippen LogP contribution in [0.25, 0.3) is 0 Å². The van der Waals surface area contributed by atoms with E-state index < -0.39 is 6.04 Å². The molecule has 2 atom stereocenters. The second-order valence-corrected chi connectivity index (χ2v) is 6.54. The minimum absolute atomic E-state index is 0.0170. The van der Waals surface area contributed by atoms with Crippen molar-refractivity contribution in [2.24, 2.45) is 5.92 Å². The normalized spacial score (nSPS) is 26.2. The zero-order valence-corrected chi connectivity index (χ0v) is 13.1. The van der Waals surface area contributed by atoms with Crippen molar-refractivity contribution in [3.05, 3.63) is 18.2 Å². The van der Waals surface area contributed by atoms with Gasteiger partial charge < -0.3 is 15.2 Å². The highest BCUT2D eigenvalue weighted by molar-refractivity contribution is 5.97. The number of rotatable bonds is 4. The van der Waals surface area contributed by atoms with Gasteiger partial charge in [0.1, 0.15) is 12.1 Å². The smallest absolute Gasteiger partial charge is 0.246 e. The van der Waals surface area contributed by atoms with E-state index in [-0.39, 0.29) is 17.9 Å². The van der Waals surface area contributed by atoms with E-state index in [1.165, 1.54) is 0 Å². The van der Waals surface area contributed by atoms with Gasteiger partial charge in [0.2, 0.25) is 11.8 Å². The van der Waals surface area contributed by atoms with Crippen LogP contribution >= 0.6 is 0 Å². The Bertz CT molecular complexity index is 542. The van der Waals surface area contributed by atoms with E-state index in [1.54, 1.807) is 17.4 Å². The summed E-state index contributed by atoms with van der Waals surface area (Å²) in [5.41, 5.74) is 0.857. The van der Waals surface area contributed by atoms with Gasteiger partial charge in [0.15, 0.2) is 0 Å². The lowest BCUT2D eigenvalue weighted by atomic mass is 10.0. The highest BCUT2D eigenvalue weighted by Gasteiger charge is 2.43. The molecule has 0 aliphatic carbocycles. The number of carbonyl (C=O) groups is 2. The van der Waals surface area contributed by atoms with Gasteiger partial charge in [-0.15, -0.1) is 0 Å². The average molecular weight is 305 g/mol. The van der Waals surface area contributed by atoms with E-state index in [4.69, 9.17) is 0 Å². The molecule has 0 saturated carbocycles. The number of nitrogens with zero attached hydrogens (tertiary/aromatic N) is 3. The third kappa shape index (κ3) is 2.99. The Labute approximate surface area is 130 Å². The van der Waals surface area contributed by atoms with E-state index in [2.05, 4.69) is 34.0 Å². The Kier molecular flexibility index (Phi) is 4.15. The summed E-state index contributed by atoms with van der Waals surface area (Å²) in [5, 5.41) is 2.87. The van der Waals surface area contributed by atoms with Gasteiger partial charge in [0.25, 0.3) is 0 Å². The fourth-order valence-electron chi connectivity index (χ4n) is 3.29. The molecule has 0 unspecified atom stereocenters. The molecule has 3 heterocycles. The maximum Gasteiger partial charge on any atom is 0.246 e. The fraction of sp³-hybridized carbons (Fsp3) is 0.667. The molecule has 2 aliphatic heterocycles. The monoisotopic (exact) mass is 305 g/mol. The molecule has 2 amide bonds. The number of fused-ring (bicyclic) bond motifs is 1. The molecule has 7 heteroatoms. The van der Waals surface area contributed by atoms with Crippen LogP contribution in [-0.4, -0.2) is 69.8 Å². The molecule has 120 valence electrons. The average Bonchev–Trinajstić information content (AvgIpc) is 2.97. The summed E-state index contributed by atoms with van der Waals surface area (Å²) in [5.74, 6) is 0.531. The van der Waals surface area contributed by atoms with Gasteiger partial charge >= 0.3 is 0 Å². The van der Waals surface area contributed by atoms with E-state index in [0.29, 0.717) is 25.4 Å². The minimum atomic E-state index is -0.485. The SMILES string of the molecule is CC(C)CN1CCN2C(=O)[C@H](Cc3cnc[nH]3)NC(=O)[C@H]2C1. The lowest BCUT2D eigenvalue weighted by Gasteiger charge is -2.45. The summed E-state index contributed by atoms with van der Waals surface area (Å²) in [6, 6.07) is -0.834. The van der Waals surface area contributed by atoms with Crippen LogP contribution in [0.3, 0.4) is 0 Å². The first-order valence-corrected chi connectivity index (χ1v) is 7.85. The van der Waals surface area contributed by atoms with Crippen LogP contribution < -0.4 is 5.32 Å². The lowest BCUT2D eigenvalue weighted by molar-refractivity contribution is -0.153. The van der Waals surface area contributed by atoms with Crippen LogP contribution in [0.15, 0.2) is 12.5 Å². The highest BCUT2D eigenvalue weighted by atomic mass is 16.2. The summed E-state index contributed by atoms with van der Waals surface area (Å²) < 4.78 is 0. The van der Waals surface area contributed by atoms with E-state index in [9.17, 15) is 9.59 Å². The fourth-order valence-corrected chi connectivity index (χ4v) is 3.29. The van der Waals surface area contributed by atoms with Crippen LogP contribution in [0.4, 0.5) is 0 Å². The van der Waals surface area contributed by atoms with Gasteiger partial charge in [0, 0.05) is 44.5 Å². The topological polar surface area (TPSA) is 81.3 Å². The van der Waals surface area contributed by atoms with Gasteiger partial charge in [-0.2, -0.15) is 0 Å². The van der Waals surface area contributed by atoms with Crippen molar-refractivity contribution in [3.8, 4) is 0 Å². The summed E-state index contributed by atoms with van der Waals surface area (Å²) in [7, 11) is 0. The zero-order valence-electron chi connectivity index (χ0n) is 13.1. The van der Waals surface area contributed by atoms with Crippen molar-refractivity contribution in [1.82, 2.24) is 25.1 Å². The van der Waals surface area contributed by atoms with Gasteiger partial charge in [-0.05, 0) is 5.92 Å². The van der Waals surface area contributed by atoms with Crippen LogP contribution in [0, 0.1) is 5.92 Å². The molecular formula is C15H23N5O2. The van der Waals surface area contributed by atoms with Gasteiger partial charge in [-0.3, -0.25) is 14.5 Å². The third-order valence-corrected chi connectivity index (χ3v) is 4.27. The quantitative estimate of drug-likeness (QED) is 0.794. The van der Waals surface area contributed by atoms with E-state index in [0.717, 1.165) is 18.8 Å². The molecule has 2 N–H and O–H groups in total. The number of aromatic amines is 1. The van der Waals surface area contributed by atoms with Crippen molar-refractivity contribution in [2.75, 3.05) is 26.2 Å². The number of H-pyrrole nitrogens is 1. The molecule has 0 radical (unpaired) electrons. The van der Waals surface area contributed by atoms with Gasteiger partial charge in [-0.25, -0.2) is 4.98 Å². The molecule has 2 aliphatic rings. The first kappa shape index (κ1) is 15.0. The predicted molar refractivity (Wildman–Crippen MR) is 81.0 cm³/mol. The van der Waals surface area contributed by atoms with Crippen molar-refractivity contribution in [3.63, 3.8) is 0 Å².